The molecule has 0 radical (unpaired) electrons. The number of carbonyl (C=O) groups is 1. The second kappa shape index (κ2) is 10.3. The molecule has 2 aromatic rings. The fourth-order valence-corrected chi connectivity index (χ4v) is 5.28. The van der Waals surface area contributed by atoms with Crippen molar-refractivity contribution in [2.75, 3.05) is 50.7 Å². The fraction of sp³-hybridized carbons (Fsp3) is 0.500. The number of piperazine rings is 1. The van der Waals surface area contributed by atoms with Gasteiger partial charge in [-0.25, -0.2) is 5.01 Å². The quantitative estimate of drug-likeness (QED) is 0.673. The molecule has 0 aliphatic carbocycles. The first kappa shape index (κ1) is 21.9. The van der Waals surface area contributed by atoms with Crippen molar-refractivity contribution in [3.63, 3.8) is 0 Å². The third kappa shape index (κ3) is 5.48. The predicted octanol–water partition coefficient (Wildman–Crippen LogP) is 4.62. The lowest BCUT2D eigenvalue weighted by molar-refractivity contribution is 0.0691. The number of nitrogens with one attached hydrogen (secondary N) is 1. The van der Waals surface area contributed by atoms with E-state index in [0.29, 0.717) is 10.0 Å². The van der Waals surface area contributed by atoms with Crippen LogP contribution in [0.5, 0.6) is 0 Å². The zero-order chi connectivity index (χ0) is 20.9. The number of thiophene rings is 1. The van der Waals surface area contributed by atoms with Gasteiger partial charge in [0, 0.05) is 39.3 Å². The number of nitrogens with zero attached hydrogens (tertiary/aromatic N) is 3. The van der Waals surface area contributed by atoms with Gasteiger partial charge >= 0.3 is 0 Å². The Morgan fingerprint density at radius 2 is 1.80 bits per heavy atom. The highest BCUT2D eigenvalue weighted by atomic mass is 35.5. The molecule has 0 saturated carbocycles. The molecule has 2 fully saturated rings. The smallest absolute Gasteiger partial charge is 0.275 e. The van der Waals surface area contributed by atoms with Crippen molar-refractivity contribution < 1.29 is 4.79 Å². The lowest BCUT2D eigenvalue weighted by atomic mass is 9.94. The standard InChI is InChI=1S/C22H28Cl2N4OS/c23-18-3-1-4-19(21(18)24)27-14-12-26(13-15-27)9-6-17-7-10-28(11-8-17)25-22(29)20-5-2-16-30-20/h1-5,16-17H,6-15H2,(H,25,29). The molecule has 1 N–H and O–H groups in total. The van der Waals surface area contributed by atoms with Crippen LogP contribution in [0, 0.1) is 5.92 Å². The molecule has 2 aliphatic heterocycles. The first-order valence-electron chi connectivity index (χ1n) is 10.6. The van der Waals surface area contributed by atoms with E-state index in [4.69, 9.17) is 23.2 Å². The molecule has 2 aliphatic rings. The number of amides is 1. The van der Waals surface area contributed by atoms with Crippen LogP contribution < -0.4 is 10.3 Å². The minimum atomic E-state index is 0.0149. The van der Waals surface area contributed by atoms with E-state index in [1.165, 1.54) is 17.8 Å². The van der Waals surface area contributed by atoms with Crippen LogP contribution in [0.4, 0.5) is 5.69 Å². The van der Waals surface area contributed by atoms with Crippen molar-refractivity contribution in [3.05, 3.63) is 50.6 Å². The largest absolute Gasteiger partial charge is 0.368 e. The number of halogens is 2. The Morgan fingerprint density at radius 1 is 1.03 bits per heavy atom. The van der Waals surface area contributed by atoms with E-state index in [9.17, 15) is 4.79 Å². The van der Waals surface area contributed by atoms with Gasteiger partial charge in [-0.2, -0.15) is 0 Å². The van der Waals surface area contributed by atoms with Crippen LogP contribution in [-0.2, 0) is 0 Å². The summed E-state index contributed by atoms with van der Waals surface area (Å²) in [5.41, 5.74) is 4.09. The summed E-state index contributed by atoms with van der Waals surface area (Å²) in [5, 5.41) is 5.29. The number of piperidine rings is 1. The van der Waals surface area contributed by atoms with Crippen molar-refractivity contribution in [2.45, 2.75) is 19.3 Å². The van der Waals surface area contributed by atoms with Gasteiger partial charge in [0.15, 0.2) is 0 Å². The van der Waals surface area contributed by atoms with Crippen LogP contribution >= 0.6 is 34.5 Å². The van der Waals surface area contributed by atoms with Crippen molar-refractivity contribution in [1.29, 1.82) is 0 Å². The Hall–Kier alpha value is -1.31. The van der Waals surface area contributed by atoms with Crippen LogP contribution in [0.3, 0.4) is 0 Å². The Kier molecular flexibility index (Phi) is 7.55. The van der Waals surface area contributed by atoms with Crippen LogP contribution in [0.1, 0.15) is 28.9 Å². The Morgan fingerprint density at radius 3 is 2.50 bits per heavy atom. The summed E-state index contributed by atoms with van der Waals surface area (Å²) in [6.45, 7) is 7.08. The minimum Gasteiger partial charge on any atom is -0.368 e. The first-order chi connectivity index (χ1) is 14.6. The number of hydrogen-bond donors (Lipinski definition) is 1. The third-order valence-corrected chi connectivity index (χ3v) is 7.79. The van der Waals surface area contributed by atoms with Gasteiger partial charge in [0.2, 0.25) is 0 Å². The molecule has 1 aromatic carbocycles. The van der Waals surface area contributed by atoms with Gasteiger partial charge in [-0.3, -0.25) is 15.1 Å². The molecule has 8 heteroatoms. The van der Waals surface area contributed by atoms with Crippen molar-refractivity contribution in [1.82, 2.24) is 15.3 Å². The highest BCUT2D eigenvalue weighted by Crippen LogP contribution is 2.33. The molecule has 2 saturated heterocycles. The Bertz CT molecular complexity index is 832. The lowest BCUT2D eigenvalue weighted by Crippen LogP contribution is -2.48. The van der Waals surface area contributed by atoms with E-state index >= 15 is 0 Å². The van der Waals surface area contributed by atoms with Gasteiger partial charge in [-0.15, -0.1) is 11.3 Å². The van der Waals surface area contributed by atoms with E-state index in [0.717, 1.165) is 75.1 Å². The highest BCUT2D eigenvalue weighted by molar-refractivity contribution is 7.12. The molecule has 0 bridgehead atoms. The molecule has 30 heavy (non-hydrogen) atoms. The summed E-state index contributed by atoms with van der Waals surface area (Å²) in [6.07, 6.45) is 3.51. The van der Waals surface area contributed by atoms with Crippen molar-refractivity contribution in [2.24, 2.45) is 5.92 Å². The monoisotopic (exact) mass is 466 g/mol. The Balaban J connectivity index is 1.15. The number of benzene rings is 1. The average Bonchev–Trinajstić information content (AvgIpc) is 3.31. The summed E-state index contributed by atoms with van der Waals surface area (Å²) in [4.78, 5) is 17.8. The number of rotatable bonds is 6. The molecule has 4 rings (SSSR count). The lowest BCUT2D eigenvalue weighted by Gasteiger charge is -2.38. The van der Waals surface area contributed by atoms with Crippen LogP contribution in [0.15, 0.2) is 35.7 Å². The molecule has 0 spiro atoms. The van der Waals surface area contributed by atoms with Gasteiger partial charge < -0.3 is 4.90 Å². The molecule has 0 unspecified atom stereocenters. The summed E-state index contributed by atoms with van der Waals surface area (Å²) < 4.78 is 0. The number of anilines is 1. The van der Waals surface area contributed by atoms with E-state index in [1.807, 2.05) is 29.6 Å². The second-order valence-corrected chi connectivity index (χ2v) is 9.77. The van der Waals surface area contributed by atoms with E-state index < -0.39 is 0 Å². The molecular formula is C22H28Cl2N4OS. The summed E-state index contributed by atoms with van der Waals surface area (Å²) in [7, 11) is 0. The number of hydrogen-bond acceptors (Lipinski definition) is 5. The highest BCUT2D eigenvalue weighted by Gasteiger charge is 2.24. The Labute approximate surface area is 192 Å². The number of carbonyl (C=O) groups excluding carboxylic acids is 1. The predicted molar refractivity (Wildman–Crippen MR) is 126 cm³/mol. The van der Waals surface area contributed by atoms with Gasteiger partial charge in [0.1, 0.15) is 0 Å². The zero-order valence-corrected chi connectivity index (χ0v) is 19.4. The van der Waals surface area contributed by atoms with Crippen molar-refractivity contribution in [3.8, 4) is 0 Å². The van der Waals surface area contributed by atoms with Gasteiger partial charge in [-0.1, -0.05) is 35.3 Å². The van der Waals surface area contributed by atoms with E-state index in [1.54, 1.807) is 0 Å². The molecule has 3 heterocycles. The van der Waals surface area contributed by atoms with E-state index in [-0.39, 0.29) is 5.91 Å². The maximum absolute atomic E-state index is 12.2. The van der Waals surface area contributed by atoms with Gasteiger partial charge in [0.25, 0.3) is 5.91 Å². The first-order valence-corrected chi connectivity index (χ1v) is 12.2. The molecule has 1 amide bonds. The zero-order valence-electron chi connectivity index (χ0n) is 17.0. The van der Waals surface area contributed by atoms with Crippen LogP contribution in [-0.4, -0.2) is 61.6 Å². The van der Waals surface area contributed by atoms with Crippen LogP contribution in [0.2, 0.25) is 10.0 Å². The number of hydrazine groups is 1. The summed E-state index contributed by atoms with van der Waals surface area (Å²) in [5.74, 6) is 0.751. The van der Waals surface area contributed by atoms with Gasteiger partial charge in [-0.05, 0) is 55.3 Å². The van der Waals surface area contributed by atoms with Crippen LogP contribution in [0.25, 0.3) is 0 Å². The summed E-state index contributed by atoms with van der Waals surface area (Å²) in [6, 6.07) is 9.63. The minimum absolute atomic E-state index is 0.0149. The third-order valence-electron chi connectivity index (χ3n) is 6.12. The molecule has 162 valence electrons. The second-order valence-electron chi connectivity index (χ2n) is 8.04. The maximum atomic E-state index is 12.2. The van der Waals surface area contributed by atoms with Gasteiger partial charge in [0.05, 0.1) is 20.6 Å². The molecule has 1 aromatic heterocycles. The fourth-order valence-electron chi connectivity index (χ4n) is 4.25. The topological polar surface area (TPSA) is 38.8 Å². The molecule has 0 atom stereocenters. The molecular weight excluding hydrogens is 439 g/mol. The molecule has 5 nitrogen and oxygen atoms in total. The van der Waals surface area contributed by atoms with E-state index in [2.05, 4.69) is 26.3 Å². The summed E-state index contributed by atoms with van der Waals surface area (Å²) >= 11 is 14.0. The van der Waals surface area contributed by atoms with Crippen molar-refractivity contribution >= 4 is 46.1 Å². The average molecular weight is 467 g/mol. The maximum Gasteiger partial charge on any atom is 0.275 e. The normalized spacial score (nSPS) is 19.2. The SMILES string of the molecule is O=C(NN1CCC(CCN2CCN(c3cccc(Cl)c3Cl)CC2)CC1)c1cccs1.